The number of nitrogens with two attached hydrogens (primary N) is 1. The number of amides is 1. The van der Waals surface area contributed by atoms with Crippen molar-refractivity contribution in [3.63, 3.8) is 0 Å². The van der Waals surface area contributed by atoms with Gasteiger partial charge in [-0.1, -0.05) is 0 Å². The summed E-state index contributed by atoms with van der Waals surface area (Å²) in [6.45, 7) is 3.53. The molecular weight excluding hydrogens is 232 g/mol. The van der Waals surface area contributed by atoms with Gasteiger partial charge in [0.1, 0.15) is 11.5 Å². The van der Waals surface area contributed by atoms with E-state index in [-0.39, 0.29) is 11.9 Å². The summed E-state index contributed by atoms with van der Waals surface area (Å²) in [4.78, 5) is 11.5. The molecule has 0 bridgehead atoms. The molecule has 1 rings (SSSR count). The van der Waals surface area contributed by atoms with Crippen LogP contribution in [0.2, 0.25) is 0 Å². The lowest BCUT2D eigenvalue weighted by Crippen LogP contribution is -2.39. The molecule has 0 fully saturated rings. The lowest BCUT2D eigenvalue weighted by atomic mass is 10.1. The summed E-state index contributed by atoms with van der Waals surface area (Å²) in [5.74, 6) is 1.19. The van der Waals surface area contributed by atoms with Gasteiger partial charge < -0.3 is 20.5 Å². The van der Waals surface area contributed by atoms with E-state index < -0.39 is 6.04 Å². The largest absolute Gasteiger partial charge is 0.497 e. The van der Waals surface area contributed by atoms with E-state index in [2.05, 4.69) is 5.32 Å². The molecule has 3 N–H and O–H groups in total. The number of benzene rings is 1. The minimum absolute atomic E-state index is 0.177. The van der Waals surface area contributed by atoms with Gasteiger partial charge in [-0.05, 0) is 26.0 Å². The van der Waals surface area contributed by atoms with E-state index in [1.165, 1.54) is 0 Å². The molecular formula is C13H20N2O3. The standard InChI is InChI=1S/C13H20N2O3/c1-8(14)13(16)15-9(2)11-6-5-10(17-3)7-12(11)18-4/h5-9H,14H2,1-4H3,(H,15,16). The first-order valence-corrected chi connectivity index (χ1v) is 5.77. The highest BCUT2D eigenvalue weighted by Crippen LogP contribution is 2.29. The van der Waals surface area contributed by atoms with Crippen LogP contribution in [-0.2, 0) is 4.79 Å². The maximum Gasteiger partial charge on any atom is 0.237 e. The molecule has 1 aromatic carbocycles. The molecule has 18 heavy (non-hydrogen) atoms. The number of hydrogen-bond acceptors (Lipinski definition) is 4. The third-order valence-electron chi connectivity index (χ3n) is 2.68. The topological polar surface area (TPSA) is 73.6 Å². The molecule has 0 aliphatic heterocycles. The maximum atomic E-state index is 11.5. The highest BCUT2D eigenvalue weighted by atomic mass is 16.5. The van der Waals surface area contributed by atoms with Crippen LogP contribution in [-0.4, -0.2) is 26.2 Å². The summed E-state index contributed by atoms with van der Waals surface area (Å²) in [6, 6.07) is 4.76. The summed E-state index contributed by atoms with van der Waals surface area (Å²) >= 11 is 0. The van der Waals surface area contributed by atoms with Crippen LogP contribution in [0.5, 0.6) is 11.5 Å². The molecule has 0 aliphatic rings. The zero-order chi connectivity index (χ0) is 13.7. The summed E-state index contributed by atoms with van der Waals surface area (Å²) in [6.07, 6.45) is 0. The Hall–Kier alpha value is -1.75. The van der Waals surface area contributed by atoms with Crippen LogP contribution >= 0.6 is 0 Å². The van der Waals surface area contributed by atoms with Crippen molar-refractivity contribution in [3.05, 3.63) is 23.8 Å². The van der Waals surface area contributed by atoms with Crippen LogP contribution in [0.15, 0.2) is 18.2 Å². The lowest BCUT2D eigenvalue weighted by Gasteiger charge is -2.19. The lowest BCUT2D eigenvalue weighted by molar-refractivity contribution is -0.122. The molecule has 1 amide bonds. The molecule has 100 valence electrons. The number of ether oxygens (including phenoxy) is 2. The quantitative estimate of drug-likeness (QED) is 0.826. The third kappa shape index (κ3) is 3.37. The minimum atomic E-state index is -0.531. The van der Waals surface area contributed by atoms with Crippen molar-refractivity contribution < 1.29 is 14.3 Å². The molecule has 0 aromatic heterocycles. The molecule has 0 saturated heterocycles. The van der Waals surface area contributed by atoms with Gasteiger partial charge in [-0.2, -0.15) is 0 Å². The molecule has 1 aromatic rings. The summed E-state index contributed by atoms with van der Waals surface area (Å²) in [5.41, 5.74) is 6.40. The van der Waals surface area contributed by atoms with Gasteiger partial charge in [0.05, 0.1) is 26.3 Å². The second kappa shape index (κ2) is 6.26. The molecule has 2 atom stereocenters. The fraction of sp³-hybridized carbons (Fsp3) is 0.462. The SMILES string of the molecule is COc1ccc(C(C)NC(=O)C(C)N)c(OC)c1. The first-order chi connectivity index (χ1) is 8.49. The van der Waals surface area contributed by atoms with Gasteiger partial charge in [-0.3, -0.25) is 4.79 Å². The van der Waals surface area contributed by atoms with Gasteiger partial charge in [0.2, 0.25) is 5.91 Å². The van der Waals surface area contributed by atoms with Crippen LogP contribution in [0, 0.1) is 0 Å². The van der Waals surface area contributed by atoms with E-state index >= 15 is 0 Å². The van der Waals surface area contributed by atoms with E-state index in [4.69, 9.17) is 15.2 Å². The Balaban J connectivity index is 2.91. The first kappa shape index (κ1) is 14.3. The average Bonchev–Trinajstić information content (AvgIpc) is 2.37. The van der Waals surface area contributed by atoms with Gasteiger partial charge >= 0.3 is 0 Å². The van der Waals surface area contributed by atoms with Crippen molar-refractivity contribution in [1.29, 1.82) is 0 Å². The first-order valence-electron chi connectivity index (χ1n) is 5.77. The number of hydrogen-bond donors (Lipinski definition) is 2. The van der Waals surface area contributed by atoms with Gasteiger partial charge in [0.25, 0.3) is 0 Å². The Kier molecular flexibility index (Phi) is 4.97. The number of carbonyl (C=O) groups excluding carboxylic acids is 1. The Morgan fingerprint density at radius 1 is 1.28 bits per heavy atom. The van der Waals surface area contributed by atoms with Gasteiger partial charge in [0.15, 0.2) is 0 Å². The van der Waals surface area contributed by atoms with Crippen LogP contribution < -0.4 is 20.5 Å². The predicted octanol–water partition coefficient (Wildman–Crippen LogP) is 1.23. The van der Waals surface area contributed by atoms with Crippen molar-refractivity contribution in [2.75, 3.05) is 14.2 Å². The monoisotopic (exact) mass is 252 g/mol. The second-order valence-corrected chi connectivity index (χ2v) is 4.13. The number of nitrogens with one attached hydrogen (secondary N) is 1. The summed E-state index contributed by atoms with van der Waals surface area (Å²) < 4.78 is 10.4. The van der Waals surface area contributed by atoms with E-state index in [1.54, 1.807) is 27.2 Å². The summed E-state index contributed by atoms with van der Waals surface area (Å²) in [7, 11) is 3.17. The normalized spacial score (nSPS) is 13.6. The molecule has 2 unspecified atom stereocenters. The van der Waals surface area contributed by atoms with E-state index in [0.29, 0.717) is 11.5 Å². The molecule has 0 radical (unpaired) electrons. The van der Waals surface area contributed by atoms with Crippen LogP contribution in [0.25, 0.3) is 0 Å². The van der Waals surface area contributed by atoms with Crippen LogP contribution in [0.4, 0.5) is 0 Å². The smallest absolute Gasteiger partial charge is 0.237 e. The Labute approximate surface area is 107 Å². The summed E-state index contributed by atoms with van der Waals surface area (Å²) in [5, 5.41) is 2.82. The predicted molar refractivity (Wildman–Crippen MR) is 69.8 cm³/mol. The van der Waals surface area contributed by atoms with Crippen molar-refractivity contribution in [2.24, 2.45) is 5.73 Å². The fourth-order valence-corrected chi connectivity index (χ4v) is 1.60. The van der Waals surface area contributed by atoms with E-state index in [9.17, 15) is 4.79 Å². The molecule has 0 aliphatic carbocycles. The highest BCUT2D eigenvalue weighted by molar-refractivity contribution is 5.81. The molecule has 5 nitrogen and oxygen atoms in total. The third-order valence-corrected chi connectivity index (χ3v) is 2.68. The Morgan fingerprint density at radius 2 is 1.94 bits per heavy atom. The zero-order valence-electron chi connectivity index (χ0n) is 11.2. The van der Waals surface area contributed by atoms with Crippen molar-refractivity contribution in [3.8, 4) is 11.5 Å². The van der Waals surface area contributed by atoms with Gasteiger partial charge in [0, 0.05) is 11.6 Å². The van der Waals surface area contributed by atoms with Crippen LogP contribution in [0.3, 0.4) is 0 Å². The Bertz CT molecular complexity index is 419. The highest BCUT2D eigenvalue weighted by Gasteiger charge is 2.16. The van der Waals surface area contributed by atoms with E-state index in [1.807, 2.05) is 19.1 Å². The second-order valence-electron chi connectivity index (χ2n) is 4.13. The van der Waals surface area contributed by atoms with Gasteiger partial charge in [-0.15, -0.1) is 0 Å². The fourth-order valence-electron chi connectivity index (χ4n) is 1.60. The molecule has 0 heterocycles. The minimum Gasteiger partial charge on any atom is -0.497 e. The van der Waals surface area contributed by atoms with Crippen molar-refractivity contribution >= 4 is 5.91 Å². The average molecular weight is 252 g/mol. The zero-order valence-corrected chi connectivity index (χ0v) is 11.2. The molecule has 5 heteroatoms. The van der Waals surface area contributed by atoms with E-state index in [0.717, 1.165) is 5.56 Å². The molecule has 0 saturated carbocycles. The number of carbonyl (C=O) groups is 1. The van der Waals surface area contributed by atoms with Crippen molar-refractivity contribution in [1.82, 2.24) is 5.32 Å². The Morgan fingerprint density at radius 3 is 2.44 bits per heavy atom. The maximum absolute atomic E-state index is 11.5. The number of methoxy groups -OCH3 is 2. The van der Waals surface area contributed by atoms with Crippen molar-refractivity contribution in [2.45, 2.75) is 25.9 Å². The molecule has 0 spiro atoms. The number of rotatable bonds is 5. The van der Waals surface area contributed by atoms with Gasteiger partial charge in [-0.25, -0.2) is 0 Å². The van der Waals surface area contributed by atoms with Crippen LogP contribution in [0.1, 0.15) is 25.5 Å².